The van der Waals surface area contributed by atoms with E-state index in [1.54, 1.807) is 30.0 Å². The van der Waals surface area contributed by atoms with Crippen LogP contribution in [0, 0.1) is 0 Å². The van der Waals surface area contributed by atoms with E-state index in [0.29, 0.717) is 18.7 Å². The standard InChI is InChI=1S/C18H21N3O2S/c19-17(22)15-7-4-6-14(12-15)13-21-18(23)20-10-5-11-24-16-8-2-1-3-9-16/h1-4,6-9,12H,5,10-11,13H2,(H2,19,22)(H2,20,21,23). The SMILES string of the molecule is NC(=O)c1cccc(CNC(=O)NCCCSc2ccccc2)c1. The van der Waals surface area contributed by atoms with Crippen molar-refractivity contribution in [3.63, 3.8) is 0 Å². The molecule has 2 rings (SSSR count). The normalized spacial score (nSPS) is 10.2. The highest BCUT2D eigenvalue weighted by molar-refractivity contribution is 7.99. The first-order valence-corrected chi connectivity index (χ1v) is 8.72. The van der Waals surface area contributed by atoms with Crippen molar-refractivity contribution in [3.05, 3.63) is 65.7 Å². The Morgan fingerprint density at radius 2 is 1.79 bits per heavy atom. The lowest BCUT2D eigenvalue weighted by molar-refractivity contribution is 0.1000. The van der Waals surface area contributed by atoms with Crippen molar-refractivity contribution in [3.8, 4) is 0 Å². The number of primary amides is 1. The fraction of sp³-hybridized carbons (Fsp3) is 0.222. The lowest BCUT2D eigenvalue weighted by Crippen LogP contribution is -2.35. The van der Waals surface area contributed by atoms with Crippen LogP contribution >= 0.6 is 11.8 Å². The van der Waals surface area contributed by atoms with Gasteiger partial charge in [0.25, 0.3) is 0 Å². The van der Waals surface area contributed by atoms with E-state index in [-0.39, 0.29) is 6.03 Å². The number of rotatable bonds is 8. The van der Waals surface area contributed by atoms with Crippen molar-refractivity contribution >= 4 is 23.7 Å². The quantitative estimate of drug-likeness (QED) is 0.509. The first-order chi connectivity index (χ1) is 11.6. The fourth-order valence-corrected chi connectivity index (χ4v) is 2.93. The number of nitrogens with two attached hydrogens (primary N) is 1. The number of carbonyl (C=O) groups excluding carboxylic acids is 2. The molecule has 2 aromatic carbocycles. The van der Waals surface area contributed by atoms with E-state index in [1.807, 2.05) is 24.3 Å². The molecule has 0 aromatic heterocycles. The molecule has 0 aliphatic rings. The van der Waals surface area contributed by atoms with Gasteiger partial charge in [0.1, 0.15) is 0 Å². The molecule has 0 aliphatic carbocycles. The predicted molar refractivity (Wildman–Crippen MR) is 97.0 cm³/mol. The predicted octanol–water partition coefficient (Wildman–Crippen LogP) is 2.77. The molecule has 0 aliphatic heterocycles. The van der Waals surface area contributed by atoms with Crippen molar-refractivity contribution in [1.29, 1.82) is 0 Å². The molecule has 0 spiro atoms. The van der Waals surface area contributed by atoms with E-state index >= 15 is 0 Å². The van der Waals surface area contributed by atoms with Gasteiger partial charge in [-0.05, 0) is 42.0 Å². The number of hydrogen-bond donors (Lipinski definition) is 3. The van der Waals surface area contributed by atoms with Gasteiger partial charge in [-0.2, -0.15) is 0 Å². The zero-order chi connectivity index (χ0) is 17.2. The molecule has 24 heavy (non-hydrogen) atoms. The minimum Gasteiger partial charge on any atom is -0.366 e. The van der Waals surface area contributed by atoms with Gasteiger partial charge in [-0.1, -0.05) is 30.3 Å². The highest BCUT2D eigenvalue weighted by Gasteiger charge is 2.03. The maximum Gasteiger partial charge on any atom is 0.315 e. The fourth-order valence-electron chi connectivity index (χ4n) is 2.06. The van der Waals surface area contributed by atoms with Crippen LogP contribution < -0.4 is 16.4 Å². The topological polar surface area (TPSA) is 84.2 Å². The number of amides is 3. The summed E-state index contributed by atoms with van der Waals surface area (Å²) in [5, 5.41) is 5.59. The Labute approximate surface area is 146 Å². The number of benzene rings is 2. The van der Waals surface area contributed by atoms with Crippen LogP contribution in [0.3, 0.4) is 0 Å². The summed E-state index contributed by atoms with van der Waals surface area (Å²) in [5.41, 5.74) is 6.51. The Morgan fingerprint density at radius 1 is 1.00 bits per heavy atom. The Bertz CT molecular complexity index is 677. The second-order valence-corrected chi connectivity index (χ2v) is 6.36. The Hall–Kier alpha value is -2.47. The van der Waals surface area contributed by atoms with Gasteiger partial charge in [-0.15, -0.1) is 11.8 Å². The van der Waals surface area contributed by atoms with E-state index in [4.69, 9.17) is 5.73 Å². The second kappa shape index (κ2) is 9.62. The highest BCUT2D eigenvalue weighted by atomic mass is 32.2. The maximum absolute atomic E-state index is 11.7. The van der Waals surface area contributed by atoms with E-state index < -0.39 is 5.91 Å². The van der Waals surface area contributed by atoms with E-state index in [2.05, 4.69) is 22.8 Å². The van der Waals surface area contributed by atoms with Crippen molar-refractivity contribution in [2.75, 3.05) is 12.3 Å². The van der Waals surface area contributed by atoms with Gasteiger partial charge in [-0.3, -0.25) is 4.79 Å². The number of thioether (sulfide) groups is 1. The Balaban J connectivity index is 1.61. The summed E-state index contributed by atoms with van der Waals surface area (Å²) in [4.78, 5) is 24.1. The van der Waals surface area contributed by atoms with Gasteiger partial charge >= 0.3 is 6.03 Å². The summed E-state index contributed by atoms with van der Waals surface area (Å²) in [5.74, 6) is 0.475. The summed E-state index contributed by atoms with van der Waals surface area (Å²) < 4.78 is 0. The summed E-state index contributed by atoms with van der Waals surface area (Å²) in [7, 11) is 0. The minimum atomic E-state index is -0.475. The zero-order valence-electron chi connectivity index (χ0n) is 13.3. The largest absolute Gasteiger partial charge is 0.366 e. The molecule has 0 bridgehead atoms. The molecular weight excluding hydrogens is 322 g/mol. The summed E-state index contributed by atoms with van der Waals surface area (Å²) >= 11 is 1.77. The number of nitrogens with one attached hydrogen (secondary N) is 2. The average Bonchev–Trinajstić information content (AvgIpc) is 2.61. The first-order valence-electron chi connectivity index (χ1n) is 7.73. The van der Waals surface area contributed by atoms with E-state index in [9.17, 15) is 9.59 Å². The Morgan fingerprint density at radius 3 is 2.54 bits per heavy atom. The van der Waals surface area contributed by atoms with Crippen LogP contribution in [0.2, 0.25) is 0 Å². The highest BCUT2D eigenvalue weighted by Crippen LogP contribution is 2.17. The monoisotopic (exact) mass is 343 g/mol. The molecule has 5 nitrogen and oxygen atoms in total. The molecular formula is C18H21N3O2S. The summed E-state index contributed by atoms with van der Waals surface area (Å²) in [6.45, 7) is 0.971. The molecule has 0 atom stereocenters. The van der Waals surface area contributed by atoms with Crippen LogP contribution in [0.25, 0.3) is 0 Å². The molecule has 0 unspecified atom stereocenters. The molecule has 0 fully saturated rings. The van der Waals surface area contributed by atoms with Gasteiger partial charge < -0.3 is 16.4 Å². The third kappa shape index (κ3) is 6.34. The van der Waals surface area contributed by atoms with Crippen LogP contribution in [0.15, 0.2) is 59.5 Å². The minimum absolute atomic E-state index is 0.218. The van der Waals surface area contributed by atoms with Crippen LogP contribution in [0.1, 0.15) is 22.3 Å². The van der Waals surface area contributed by atoms with Crippen LogP contribution in [0.5, 0.6) is 0 Å². The average molecular weight is 343 g/mol. The van der Waals surface area contributed by atoms with E-state index in [0.717, 1.165) is 17.7 Å². The molecule has 0 saturated heterocycles. The molecule has 6 heteroatoms. The molecule has 0 saturated carbocycles. The van der Waals surface area contributed by atoms with Gasteiger partial charge in [-0.25, -0.2) is 4.79 Å². The Kier molecular flexibility index (Phi) is 7.17. The summed E-state index contributed by atoms with van der Waals surface area (Å²) in [6.07, 6.45) is 0.893. The lowest BCUT2D eigenvalue weighted by Gasteiger charge is -2.08. The first kappa shape index (κ1) is 17.9. The van der Waals surface area contributed by atoms with Crippen molar-refractivity contribution < 1.29 is 9.59 Å². The molecule has 2 aromatic rings. The van der Waals surface area contributed by atoms with E-state index in [1.165, 1.54) is 4.90 Å². The maximum atomic E-state index is 11.7. The molecule has 0 heterocycles. The second-order valence-electron chi connectivity index (χ2n) is 5.19. The third-order valence-corrected chi connectivity index (χ3v) is 4.38. The van der Waals surface area contributed by atoms with Gasteiger partial charge in [0, 0.05) is 23.5 Å². The zero-order valence-corrected chi connectivity index (χ0v) is 14.1. The van der Waals surface area contributed by atoms with Gasteiger partial charge in [0.2, 0.25) is 5.91 Å². The van der Waals surface area contributed by atoms with Gasteiger partial charge in [0.05, 0.1) is 0 Å². The van der Waals surface area contributed by atoms with Crippen molar-refractivity contribution in [1.82, 2.24) is 10.6 Å². The van der Waals surface area contributed by atoms with Crippen LogP contribution in [-0.2, 0) is 6.54 Å². The molecule has 3 amide bonds. The van der Waals surface area contributed by atoms with Crippen molar-refractivity contribution in [2.24, 2.45) is 5.73 Å². The summed E-state index contributed by atoms with van der Waals surface area (Å²) in [6, 6.07) is 16.9. The molecule has 4 N–H and O–H groups in total. The molecule has 0 radical (unpaired) electrons. The van der Waals surface area contributed by atoms with Gasteiger partial charge in [0.15, 0.2) is 0 Å². The number of urea groups is 1. The lowest BCUT2D eigenvalue weighted by atomic mass is 10.1. The van der Waals surface area contributed by atoms with Crippen LogP contribution in [-0.4, -0.2) is 24.2 Å². The smallest absolute Gasteiger partial charge is 0.315 e. The third-order valence-electron chi connectivity index (χ3n) is 3.28. The molecule has 126 valence electrons. The number of carbonyl (C=O) groups is 2. The van der Waals surface area contributed by atoms with Crippen LogP contribution in [0.4, 0.5) is 4.79 Å². The van der Waals surface area contributed by atoms with Crippen molar-refractivity contribution in [2.45, 2.75) is 17.9 Å². The number of hydrogen-bond acceptors (Lipinski definition) is 3.